The van der Waals surface area contributed by atoms with Crippen LogP contribution in [0.4, 0.5) is 9.52 Å². The van der Waals surface area contributed by atoms with E-state index in [0.717, 1.165) is 5.69 Å². The van der Waals surface area contributed by atoms with Gasteiger partial charge in [0.2, 0.25) is 0 Å². The molecule has 5 nitrogen and oxygen atoms in total. The maximum atomic E-state index is 14.2. The lowest BCUT2D eigenvalue weighted by atomic mass is 10.2. The van der Waals surface area contributed by atoms with Gasteiger partial charge in [0.05, 0.1) is 18.4 Å². The maximum Gasteiger partial charge on any atom is 0.277 e. The minimum Gasteiger partial charge on any atom is -0.496 e. The SMILES string of the molecule is COc1cccc(F)c1-c1nc(C(=O)Nc2nc(C)cs2)c(C)s1. The van der Waals surface area contributed by atoms with Crippen LogP contribution in [0.2, 0.25) is 0 Å². The molecule has 3 rings (SSSR count). The summed E-state index contributed by atoms with van der Waals surface area (Å²) >= 11 is 2.59. The van der Waals surface area contributed by atoms with E-state index < -0.39 is 5.82 Å². The van der Waals surface area contributed by atoms with Crippen molar-refractivity contribution in [2.75, 3.05) is 12.4 Å². The number of halogens is 1. The first kappa shape index (κ1) is 16.5. The normalized spacial score (nSPS) is 10.7. The van der Waals surface area contributed by atoms with Crippen molar-refractivity contribution < 1.29 is 13.9 Å². The van der Waals surface area contributed by atoms with Crippen molar-refractivity contribution in [1.82, 2.24) is 9.97 Å². The van der Waals surface area contributed by atoms with Crippen LogP contribution in [0.15, 0.2) is 23.6 Å². The number of nitrogens with one attached hydrogen (secondary N) is 1. The minimum atomic E-state index is -0.439. The van der Waals surface area contributed by atoms with Crippen molar-refractivity contribution in [1.29, 1.82) is 0 Å². The average molecular weight is 363 g/mol. The molecule has 2 aromatic heterocycles. The molecule has 24 heavy (non-hydrogen) atoms. The largest absolute Gasteiger partial charge is 0.496 e. The minimum absolute atomic E-state index is 0.258. The summed E-state index contributed by atoms with van der Waals surface area (Å²) in [7, 11) is 1.47. The van der Waals surface area contributed by atoms with Crippen LogP contribution in [0.5, 0.6) is 5.75 Å². The number of hydrogen-bond acceptors (Lipinski definition) is 6. The Kier molecular flexibility index (Phi) is 4.59. The number of rotatable bonds is 4. The molecule has 1 amide bonds. The summed E-state index contributed by atoms with van der Waals surface area (Å²) in [5, 5.41) is 5.48. The Morgan fingerprint density at radius 1 is 1.29 bits per heavy atom. The molecule has 0 aliphatic heterocycles. The summed E-state index contributed by atoms with van der Waals surface area (Å²) in [5.74, 6) is -0.420. The molecule has 1 aromatic carbocycles. The first-order valence-corrected chi connectivity index (χ1v) is 8.73. The molecule has 0 saturated heterocycles. The van der Waals surface area contributed by atoms with Crippen LogP contribution in [-0.4, -0.2) is 23.0 Å². The molecule has 0 bridgehead atoms. The molecular formula is C16H14FN3O2S2. The van der Waals surface area contributed by atoms with Crippen LogP contribution >= 0.6 is 22.7 Å². The maximum absolute atomic E-state index is 14.2. The van der Waals surface area contributed by atoms with Crippen LogP contribution in [0, 0.1) is 19.7 Å². The van der Waals surface area contributed by atoms with E-state index in [4.69, 9.17) is 4.74 Å². The van der Waals surface area contributed by atoms with Gasteiger partial charge in [0, 0.05) is 10.3 Å². The number of methoxy groups -OCH3 is 1. The number of anilines is 1. The van der Waals surface area contributed by atoms with Gasteiger partial charge < -0.3 is 4.74 Å². The van der Waals surface area contributed by atoms with Crippen LogP contribution in [0.1, 0.15) is 21.1 Å². The average Bonchev–Trinajstić information content (AvgIpc) is 3.12. The van der Waals surface area contributed by atoms with Gasteiger partial charge in [0.15, 0.2) is 5.13 Å². The van der Waals surface area contributed by atoms with Crippen molar-refractivity contribution >= 4 is 33.7 Å². The molecular weight excluding hydrogens is 349 g/mol. The smallest absolute Gasteiger partial charge is 0.277 e. The number of benzene rings is 1. The summed E-state index contributed by atoms with van der Waals surface area (Å²) < 4.78 is 19.4. The molecule has 3 aromatic rings. The highest BCUT2D eigenvalue weighted by Crippen LogP contribution is 2.36. The quantitative estimate of drug-likeness (QED) is 0.751. The van der Waals surface area contributed by atoms with E-state index in [-0.39, 0.29) is 17.2 Å². The van der Waals surface area contributed by atoms with Gasteiger partial charge in [-0.3, -0.25) is 10.1 Å². The van der Waals surface area contributed by atoms with Gasteiger partial charge in [0.1, 0.15) is 22.3 Å². The third kappa shape index (κ3) is 3.15. The number of hydrogen-bond donors (Lipinski definition) is 1. The van der Waals surface area contributed by atoms with Gasteiger partial charge in [-0.1, -0.05) is 6.07 Å². The zero-order chi connectivity index (χ0) is 17.3. The van der Waals surface area contributed by atoms with Crippen LogP contribution in [0.25, 0.3) is 10.6 Å². The van der Waals surface area contributed by atoms with E-state index in [2.05, 4.69) is 15.3 Å². The Morgan fingerprint density at radius 3 is 2.75 bits per heavy atom. The Bertz CT molecular complexity index is 905. The highest BCUT2D eigenvalue weighted by Gasteiger charge is 2.21. The number of nitrogens with zero attached hydrogens (tertiary/aromatic N) is 2. The molecule has 124 valence electrons. The fourth-order valence-electron chi connectivity index (χ4n) is 2.16. The Morgan fingerprint density at radius 2 is 2.08 bits per heavy atom. The third-order valence-corrected chi connectivity index (χ3v) is 5.12. The molecule has 1 N–H and O–H groups in total. The Labute approximate surface area is 146 Å². The molecule has 0 aliphatic carbocycles. The number of amides is 1. The molecule has 0 spiro atoms. The van der Waals surface area contributed by atoms with Gasteiger partial charge in [-0.25, -0.2) is 14.4 Å². The van der Waals surface area contributed by atoms with Crippen LogP contribution in [0.3, 0.4) is 0 Å². The standard InChI is InChI=1S/C16H14FN3O2S2/c1-8-7-23-16(18-8)20-14(21)13-9(2)24-15(19-13)12-10(17)5-4-6-11(12)22-3/h4-7H,1-3H3,(H,18,20,21). The summed E-state index contributed by atoms with van der Waals surface area (Å²) in [5.41, 5.74) is 1.35. The number of ether oxygens (including phenoxy) is 1. The van der Waals surface area contributed by atoms with E-state index in [1.54, 1.807) is 19.1 Å². The Hall–Kier alpha value is -2.32. The number of carbonyl (C=O) groups is 1. The second-order valence-corrected chi connectivity index (χ2v) is 7.05. The Balaban J connectivity index is 1.95. The second-order valence-electron chi connectivity index (χ2n) is 4.99. The lowest BCUT2D eigenvalue weighted by Crippen LogP contribution is -2.13. The highest BCUT2D eigenvalue weighted by atomic mass is 32.1. The fraction of sp³-hybridized carbons (Fsp3) is 0.188. The van der Waals surface area contributed by atoms with Gasteiger partial charge in [-0.2, -0.15) is 0 Å². The monoisotopic (exact) mass is 363 g/mol. The lowest BCUT2D eigenvalue weighted by molar-refractivity contribution is 0.102. The van der Waals surface area contributed by atoms with Crippen LogP contribution in [-0.2, 0) is 0 Å². The first-order chi connectivity index (χ1) is 11.5. The molecule has 8 heteroatoms. The number of aryl methyl sites for hydroxylation is 2. The van der Waals surface area contributed by atoms with E-state index >= 15 is 0 Å². The van der Waals surface area contributed by atoms with Crippen molar-refractivity contribution in [3.63, 3.8) is 0 Å². The third-order valence-electron chi connectivity index (χ3n) is 3.26. The van der Waals surface area contributed by atoms with Gasteiger partial charge >= 0.3 is 0 Å². The second kappa shape index (κ2) is 6.66. The van der Waals surface area contributed by atoms with Gasteiger partial charge in [0.25, 0.3) is 5.91 Å². The molecule has 0 radical (unpaired) electrons. The molecule has 2 heterocycles. The number of carbonyl (C=O) groups excluding carboxylic acids is 1. The van der Waals surface area contributed by atoms with E-state index in [1.165, 1.54) is 35.8 Å². The van der Waals surface area contributed by atoms with Crippen molar-refractivity contribution in [3.05, 3.63) is 45.7 Å². The molecule has 0 aliphatic rings. The van der Waals surface area contributed by atoms with E-state index in [0.29, 0.717) is 20.8 Å². The summed E-state index contributed by atoms with van der Waals surface area (Å²) in [6.07, 6.45) is 0. The molecule has 0 fully saturated rings. The van der Waals surface area contributed by atoms with Gasteiger partial charge in [-0.15, -0.1) is 22.7 Å². The summed E-state index contributed by atoms with van der Waals surface area (Å²) in [6.45, 7) is 3.62. The van der Waals surface area contributed by atoms with Crippen LogP contribution < -0.4 is 10.1 Å². The number of aromatic nitrogens is 2. The zero-order valence-corrected chi connectivity index (χ0v) is 14.8. The topological polar surface area (TPSA) is 64.1 Å². The van der Waals surface area contributed by atoms with E-state index in [1.807, 2.05) is 12.3 Å². The summed E-state index contributed by atoms with van der Waals surface area (Å²) in [4.78, 5) is 21.6. The van der Waals surface area contributed by atoms with Crippen molar-refractivity contribution in [2.24, 2.45) is 0 Å². The highest BCUT2D eigenvalue weighted by molar-refractivity contribution is 7.15. The van der Waals surface area contributed by atoms with Crippen molar-refractivity contribution in [2.45, 2.75) is 13.8 Å². The van der Waals surface area contributed by atoms with Gasteiger partial charge in [-0.05, 0) is 26.0 Å². The molecule has 0 unspecified atom stereocenters. The number of thiazole rings is 2. The predicted molar refractivity (Wildman–Crippen MR) is 93.6 cm³/mol. The van der Waals surface area contributed by atoms with E-state index in [9.17, 15) is 9.18 Å². The predicted octanol–water partition coefficient (Wildman–Crippen LogP) is 4.28. The van der Waals surface area contributed by atoms with Crippen molar-refractivity contribution in [3.8, 4) is 16.3 Å². The molecule has 0 atom stereocenters. The molecule has 0 saturated carbocycles. The zero-order valence-electron chi connectivity index (χ0n) is 13.2. The fourth-order valence-corrected chi connectivity index (χ4v) is 3.81. The lowest BCUT2D eigenvalue weighted by Gasteiger charge is -2.06. The first-order valence-electron chi connectivity index (χ1n) is 7.03. The summed E-state index contributed by atoms with van der Waals surface area (Å²) in [6, 6.07) is 4.57.